The Kier molecular flexibility index (Phi) is 7.85. The fourth-order valence-electron chi connectivity index (χ4n) is 1.79. The minimum atomic E-state index is -1.00. The predicted molar refractivity (Wildman–Crippen MR) is 85.2 cm³/mol. The van der Waals surface area contributed by atoms with Crippen LogP contribution in [-0.2, 0) is 15.3 Å². The van der Waals surface area contributed by atoms with E-state index in [1.807, 2.05) is 25.1 Å². The van der Waals surface area contributed by atoms with Crippen LogP contribution in [0.15, 0.2) is 24.3 Å². The highest BCUT2D eigenvalue weighted by Crippen LogP contribution is 2.13. The summed E-state index contributed by atoms with van der Waals surface area (Å²) in [5, 5.41) is 11.4. The van der Waals surface area contributed by atoms with Crippen LogP contribution in [0.25, 0.3) is 0 Å². The molecule has 1 rings (SSSR count). The van der Waals surface area contributed by atoms with E-state index in [0.29, 0.717) is 25.1 Å². The molecule has 1 amide bonds. The third kappa shape index (κ3) is 7.72. The first-order valence-corrected chi connectivity index (χ1v) is 8.03. The number of aliphatic carboxylic acids is 1. The summed E-state index contributed by atoms with van der Waals surface area (Å²) >= 11 is 1.56. The van der Waals surface area contributed by atoms with Gasteiger partial charge in [-0.2, -0.15) is 0 Å². The molecular formula is C15H22N2O3S. The molecule has 0 bridgehead atoms. The molecule has 0 aliphatic rings. The van der Waals surface area contributed by atoms with Crippen molar-refractivity contribution in [2.75, 3.05) is 12.3 Å². The van der Waals surface area contributed by atoms with Crippen LogP contribution in [-0.4, -0.2) is 35.3 Å². The molecule has 1 atom stereocenters. The van der Waals surface area contributed by atoms with Gasteiger partial charge in [0.1, 0.15) is 6.04 Å². The second kappa shape index (κ2) is 9.41. The van der Waals surface area contributed by atoms with Crippen LogP contribution in [0.2, 0.25) is 0 Å². The summed E-state index contributed by atoms with van der Waals surface area (Å²) in [5.41, 5.74) is 7.80. The van der Waals surface area contributed by atoms with Crippen molar-refractivity contribution in [3.05, 3.63) is 35.4 Å². The summed E-state index contributed by atoms with van der Waals surface area (Å²) in [6.45, 7) is 2.51. The third-order valence-electron chi connectivity index (χ3n) is 2.92. The predicted octanol–water partition coefficient (Wildman–Crippen LogP) is 1.54. The molecule has 0 radical (unpaired) electrons. The molecular weight excluding hydrogens is 288 g/mol. The van der Waals surface area contributed by atoms with E-state index >= 15 is 0 Å². The number of carboxylic acids is 1. The van der Waals surface area contributed by atoms with Gasteiger partial charge < -0.3 is 16.2 Å². The van der Waals surface area contributed by atoms with Gasteiger partial charge in [-0.05, 0) is 25.3 Å². The van der Waals surface area contributed by atoms with Gasteiger partial charge in [-0.3, -0.25) is 9.59 Å². The number of nitrogens with two attached hydrogens (primary N) is 1. The first-order chi connectivity index (χ1) is 9.99. The summed E-state index contributed by atoms with van der Waals surface area (Å²) in [4.78, 5) is 22.1. The Morgan fingerprint density at radius 2 is 2.19 bits per heavy atom. The zero-order valence-corrected chi connectivity index (χ0v) is 13.0. The lowest BCUT2D eigenvalue weighted by Gasteiger charge is -2.07. The van der Waals surface area contributed by atoms with Crippen molar-refractivity contribution in [1.29, 1.82) is 0 Å². The zero-order chi connectivity index (χ0) is 15.7. The quantitative estimate of drug-likeness (QED) is 0.602. The lowest BCUT2D eigenvalue weighted by atomic mass is 10.2. The van der Waals surface area contributed by atoms with E-state index in [-0.39, 0.29) is 5.91 Å². The number of rotatable bonds is 9. The summed E-state index contributed by atoms with van der Waals surface area (Å²) in [7, 11) is 0. The van der Waals surface area contributed by atoms with Crippen LogP contribution in [0, 0.1) is 6.92 Å². The molecule has 0 aliphatic heterocycles. The van der Waals surface area contributed by atoms with E-state index in [1.54, 1.807) is 11.8 Å². The Labute approximate surface area is 129 Å². The van der Waals surface area contributed by atoms with E-state index in [9.17, 15) is 9.59 Å². The van der Waals surface area contributed by atoms with E-state index in [0.717, 1.165) is 5.75 Å². The number of amides is 1. The molecule has 0 aliphatic carbocycles. The van der Waals surface area contributed by atoms with E-state index in [2.05, 4.69) is 11.4 Å². The molecule has 6 heteroatoms. The normalized spacial score (nSPS) is 11.9. The molecule has 116 valence electrons. The second-order valence-corrected chi connectivity index (χ2v) is 5.90. The van der Waals surface area contributed by atoms with Gasteiger partial charge in [-0.1, -0.05) is 29.8 Å². The number of carbonyl (C=O) groups excluding carboxylic acids is 1. The maximum absolute atomic E-state index is 11.6. The number of aryl methyl sites for hydroxylation is 1. The summed E-state index contributed by atoms with van der Waals surface area (Å²) in [5.74, 6) is 0.171. The van der Waals surface area contributed by atoms with Crippen molar-refractivity contribution in [3.63, 3.8) is 0 Å². The monoisotopic (exact) mass is 310 g/mol. The summed E-state index contributed by atoms with van der Waals surface area (Å²) in [6, 6.07) is 7.36. The van der Waals surface area contributed by atoms with Gasteiger partial charge in [0.2, 0.25) is 5.91 Å². The Hall–Kier alpha value is -1.53. The van der Waals surface area contributed by atoms with Gasteiger partial charge >= 0.3 is 5.97 Å². The van der Waals surface area contributed by atoms with Crippen LogP contribution >= 0.6 is 11.8 Å². The van der Waals surface area contributed by atoms with Crippen LogP contribution in [0.4, 0.5) is 0 Å². The highest BCUT2D eigenvalue weighted by atomic mass is 32.2. The van der Waals surface area contributed by atoms with Crippen LogP contribution in [0.3, 0.4) is 0 Å². The number of carboxylic acid groups (broad SMARTS) is 1. The van der Waals surface area contributed by atoms with Gasteiger partial charge in [0, 0.05) is 12.3 Å². The highest BCUT2D eigenvalue weighted by Gasteiger charge is 2.10. The van der Waals surface area contributed by atoms with Crippen molar-refractivity contribution in [3.8, 4) is 0 Å². The largest absolute Gasteiger partial charge is 0.480 e. The minimum absolute atomic E-state index is 0.0310. The average molecular weight is 310 g/mol. The minimum Gasteiger partial charge on any atom is -0.480 e. The fourth-order valence-corrected chi connectivity index (χ4v) is 2.59. The molecule has 0 saturated carbocycles. The first kappa shape index (κ1) is 17.5. The number of benzene rings is 1. The van der Waals surface area contributed by atoms with E-state index < -0.39 is 12.0 Å². The topological polar surface area (TPSA) is 92.4 Å². The summed E-state index contributed by atoms with van der Waals surface area (Å²) < 4.78 is 0. The number of thioether (sulfide) groups is 1. The molecule has 1 aromatic carbocycles. The van der Waals surface area contributed by atoms with E-state index in [1.165, 1.54) is 11.1 Å². The van der Waals surface area contributed by atoms with Crippen LogP contribution < -0.4 is 11.1 Å². The van der Waals surface area contributed by atoms with Crippen molar-refractivity contribution in [2.45, 2.75) is 31.6 Å². The van der Waals surface area contributed by atoms with Gasteiger partial charge in [-0.25, -0.2) is 0 Å². The third-order valence-corrected chi connectivity index (χ3v) is 3.92. The Morgan fingerprint density at radius 1 is 1.43 bits per heavy atom. The SMILES string of the molecule is Cc1cccc(CSCC(=O)NCCC[C@H](N)C(=O)O)c1. The van der Waals surface area contributed by atoms with Crippen molar-refractivity contribution in [2.24, 2.45) is 5.73 Å². The number of carbonyl (C=O) groups is 2. The molecule has 0 unspecified atom stereocenters. The molecule has 1 aromatic rings. The fraction of sp³-hybridized carbons (Fsp3) is 0.467. The summed E-state index contributed by atoms with van der Waals surface area (Å²) in [6.07, 6.45) is 0.938. The molecule has 0 saturated heterocycles. The molecule has 0 heterocycles. The van der Waals surface area contributed by atoms with E-state index in [4.69, 9.17) is 10.8 Å². The Bertz CT molecular complexity index is 480. The van der Waals surface area contributed by atoms with Crippen LogP contribution in [0.5, 0.6) is 0 Å². The van der Waals surface area contributed by atoms with Crippen molar-refractivity contribution >= 4 is 23.6 Å². The lowest BCUT2D eigenvalue weighted by molar-refractivity contribution is -0.138. The average Bonchev–Trinajstić information content (AvgIpc) is 2.43. The number of hydrogen-bond donors (Lipinski definition) is 3. The number of nitrogens with one attached hydrogen (secondary N) is 1. The molecule has 21 heavy (non-hydrogen) atoms. The van der Waals surface area contributed by atoms with Gasteiger partial charge in [-0.15, -0.1) is 11.8 Å². The molecule has 0 fully saturated rings. The lowest BCUT2D eigenvalue weighted by Crippen LogP contribution is -2.32. The Balaban J connectivity index is 2.10. The van der Waals surface area contributed by atoms with Gasteiger partial charge in [0.25, 0.3) is 0 Å². The smallest absolute Gasteiger partial charge is 0.320 e. The van der Waals surface area contributed by atoms with Gasteiger partial charge in [0.05, 0.1) is 5.75 Å². The maximum Gasteiger partial charge on any atom is 0.320 e. The second-order valence-electron chi connectivity index (χ2n) is 4.92. The highest BCUT2D eigenvalue weighted by molar-refractivity contribution is 7.99. The van der Waals surface area contributed by atoms with Crippen molar-refractivity contribution in [1.82, 2.24) is 5.32 Å². The Morgan fingerprint density at radius 3 is 2.86 bits per heavy atom. The van der Waals surface area contributed by atoms with Crippen molar-refractivity contribution < 1.29 is 14.7 Å². The molecule has 0 spiro atoms. The molecule has 4 N–H and O–H groups in total. The first-order valence-electron chi connectivity index (χ1n) is 6.87. The van der Waals surface area contributed by atoms with Gasteiger partial charge in [0.15, 0.2) is 0 Å². The standard InChI is InChI=1S/C15H22N2O3S/c1-11-4-2-5-12(8-11)9-21-10-14(18)17-7-3-6-13(16)15(19)20/h2,4-5,8,13H,3,6-7,9-10,16H2,1H3,(H,17,18)(H,19,20)/t13-/m0/s1. The number of hydrogen-bond acceptors (Lipinski definition) is 4. The molecule has 5 nitrogen and oxygen atoms in total. The molecule has 0 aromatic heterocycles. The van der Waals surface area contributed by atoms with Crippen LogP contribution in [0.1, 0.15) is 24.0 Å². The maximum atomic E-state index is 11.6. The zero-order valence-electron chi connectivity index (χ0n) is 12.2.